The Morgan fingerprint density at radius 2 is 1.65 bits per heavy atom. The highest BCUT2D eigenvalue weighted by Gasteiger charge is 2.42. The maximum absolute atomic E-state index is 12.8. The fourth-order valence-electron chi connectivity index (χ4n) is 2.33. The van der Waals surface area contributed by atoms with Gasteiger partial charge in [-0.1, -0.05) is 0 Å². The second kappa shape index (κ2) is 5.14. The fourth-order valence-corrected chi connectivity index (χ4v) is 2.33. The van der Waals surface area contributed by atoms with Crippen LogP contribution >= 0.6 is 0 Å². The number of hydrogen-bond acceptors (Lipinski definition) is 2. The Labute approximate surface area is 111 Å². The lowest BCUT2D eigenvalue weighted by Gasteiger charge is -2.35. The molecule has 2 nitrogen and oxygen atoms in total. The van der Waals surface area contributed by atoms with Crippen molar-refractivity contribution in [2.45, 2.75) is 25.2 Å². The summed E-state index contributed by atoms with van der Waals surface area (Å²) in [6.07, 6.45) is -7.32. The third-order valence-electron chi connectivity index (χ3n) is 3.40. The number of anilines is 1. The molecular weight excluding hydrogens is 286 g/mol. The van der Waals surface area contributed by atoms with Gasteiger partial charge in [-0.2, -0.15) is 26.3 Å². The van der Waals surface area contributed by atoms with Gasteiger partial charge >= 0.3 is 12.4 Å². The maximum atomic E-state index is 12.8. The number of nitrogens with zero attached hydrogens (tertiary/aromatic N) is 2. The predicted molar refractivity (Wildman–Crippen MR) is 60.2 cm³/mol. The molecular formula is C12H12F6N2. The van der Waals surface area contributed by atoms with Gasteiger partial charge in [-0.15, -0.1) is 0 Å². The Hall–Kier alpha value is -1.47. The van der Waals surface area contributed by atoms with Gasteiger partial charge in [0.25, 0.3) is 0 Å². The van der Waals surface area contributed by atoms with Crippen molar-refractivity contribution in [2.24, 2.45) is 5.92 Å². The van der Waals surface area contributed by atoms with Crippen LogP contribution in [0.5, 0.6) is 0 Å². The van der Waals surface area contributed by atoms with Gasteiger partial charge in [-0.25, -0.2) is 0 Å². The van der Waals surface area contributed by atoms with Crippen LogP contribution in [0.25, 0.3) is 0 Å². The molecule has 0 radical (unpaired) electrons. The highest BCUT2D eigenvalue weighted by molar-refractivity contribution is 5.53. The summed E-state index contributed by atoms with van der Waals surface area (Å²) in [4.78, 5) is 4.77. The molecule has 0 N–H and O–H groups in total. The lowest BCUT2D eigenvalue weighted by atomic mass is 9.95. The summed E-state index contributed by atoms with van der Waals surface area (Å²) < 4.78 is 76.1. The number of pyridine rings is 1. The minimum absolute atomic E-state index is 0.0444. The van der Waals surface area contributed by atoms with Crippen LogP contribution in [0.3, 0.4) is 0 Å². The van der Waals surface area contributed by atoms with E-state index in [2.05, 4.69) is 4.98 Å². The lowest BCUT2D eigenvalue weighted by molar-refractivity contribution is -0.179. The molecule has 0 spiro atoms. The SMILES string of the molecule is FC(F)(F)c1cnccc1N1CCC(C(F)(F)F)CC1. The molecule has 20 heavy (non-hydrogen) atoms. The number of hydrogen-bond donors (Lipinski definition) is 0. The van der Waals surface area contributed by atoms with Gasteiger partial charge in [-0.3, -0.25) is 4.98 Å². The largest absolute Gasteiger partial charge is 0.419 e. The van der Waals surface area contributed by atoms with Gasteiger partial charge in [0.2, 0.25) is 0 Å². The van der Waals surface area contributed by atoms with Gasteiger partial charge < -0.3 is 4.90 Å². The number of rotatable bonds is 1. The fraction of sp³-hybridized carbons (Fsp3) is 0.583. The summed E-state index contributed by atoms with van der Waals surface area (Å²) in [6.45, 7) is -0.0888. The lowest BCUT2D eigenvalue weighted by Crippen LogP contribution is -2.39. The highest BCUT2D eigenvalue weighted by Crippen LogP contribution is 2.39. The summed E-state index contributed by atoms with van der Waals surface area (Å²) in [6, 6.07) is 1.19. The maximum Gasteiger partial charge on any atom is 0.419 e. The van der Waals surface area contributed by atoms with Gasteiger partial charge in [0.1, 0.15) is 0 Å². The minimum Gasteiger partial charge on any atom is -0.371 e. The van der Waals surface area contributed by atoms with Crippen LogP contribution in [-0.2, 0) is 6.18 Å². The highest BCUT2D eigenvalue weighted by atomic mass is 19.4. The smallest absolute Gasteiger partial charge is 0.371 e. The van der Waals surface area contributed by atoms with E-state index >= 15 is 0 Å². The van der Waals surface area contributed by atoms with Crippen molar-refractivity contribution in [3.8, 4) is 0 Å². The zero-order valence-electron chi connectivity index (χ0n) is 10.3. The van der Waals surface area contributed by atoms with Crippen molar-refractivity contribution in [2.75, 3.05) is 18.0 Å². The summed E-state index contributed by atoms with van der Waals surface area (Å²) in [5, 5.41) is 0. The molecule has 1 fully saturated rings. The molecule has 0 amide bonds. The monoisotopic (exact) mass is 298 g/mol. The van der Waals surface area contributed by atoms with E-state index in [1.807, 2.05) is 0 Å². The van der Waals surface area contributed by atoms with Crippen molar-refractivity contribution in [1.29, 1.82) is 0 Å². The van der Waals surface area contributed by atoms with Crippen molar-refractivity contribution < 1.29 is 26.3 Å². The molecule has 0 bridgehead atoms. The average Bonchev–Trinajstić information content (AvgIpc) is 2.37. The topological polar surface area (TPSA) is 16.1 Å². The van der Waals surface area contributed by atoms with Crippen molar-refractivity contribution in [3.05, 3.63) is 24.0 Å². The molecule has 1 aromatic rings. The summed E-state index contributed by atoms with van der Waals surface area (Å²) in [5.74, 6) is -1.44. The Morgan fingerprint density at radius 3 is 2.15 bits per heavy atom. The molecule has 0 aromatic carbocycles. The van der Waals surface area contributed by atoms with E-state index in [0.717, 1.165) is 0 Å². The standard InChI is InChI=1S/C12H12F6N2/c13-11(14,15)8-2-5-20(6-3-8)10-1-4-19-7-9(10)12(16,17)18/h1,4,7-8H,2-3,5-6H2. The molecule has 8 heteroatoms. The number of alkyl halides is 6. The summed E-state index contributed by atoms with van der Waals surface area (Å²) >= 11 is 0. The van der Waals surface area contributed by atoms with E-state index in [4.69, 9.17) is 0 Å². The molecule has 0 aliphatic carbocycles. The molecule has 1 aliphatic rings. The molecule has 2 rings (SSSR count). The first kappa shape index (κ1) is 14.9. The number of aromatic nitrogens is 1. The van der Waals surface area contributed by atoms with E-state index in [1.54, 1.807) is 0 Å². The Balaban J connectivity index is 2.16. The van der Waals surface area contributed by atoms with Crippen LogP contribution in [0.2, 0.25) is 0 Å². The van der Waals surface area contributed by atoms with Crippen molar-refractivity contribution in [3.63, 3.8) is 0 Å². The average molecular weight is 298 g/mol. The number of piperidine rings is 1. The van der Waals surface area contributed by atoms with E-state index in [9.17, 15) is 26.3 Å². The van der Waals surface area contributed by atoms with Crippen LogP contribution in [0.4, 0.5) is 32.0 Å². The summed E-state index contributed by atoms with van der Waals surface area (Å²) in [7, 11) is 0. The van der Waals surface area contributed by atoms with Crippen LogP contribution in [0, 0.1) is 5.92 Å². The van der Waals surface area contributed by atoms with Crippen molar-refractivity contribution in [1.82, 2.24) is 4.98 Å². The van der Waals surface area contributed by atoms with E-state index in [0.29, 0.717) is 6.20 Å². The van der Waals surface area contributed by atoms with Crippen LogP contribution < -0.4 is 4.90 Å². The molecule has 0 unspecified atom stereocenters. The zero-order valence-corrected chi connectivity index (χ0v) is 10.3. The van der Waals surface area contributed by atoms with Gasteiger partial charge in [0, 0.05) is 25.5 Å². The molecule has 0 saturated carbocycles. The van der Waals surface area contributed by atoms with E-state index in [-0.39, 0.29) is 31.6 Å². The van der Waals surface area contributed by atoms with E-state index < -0.39 is 23.8 Å². The second-order valence-electron chi connectivity index (χ2n) is 4.69. The first-order valence-electron chi connectivity index (χ1n) is 6.02. The Bertz CT molecular complexity index is 460. The third kappa shape index (κ3) is 3.16. The van der Waals surface area contributed by atoms with Crippen LogP contribution in [0.15, 0.2) is 18.5 Å². The summed E-state index contributed by atoms with van der Waals surface area (Å²) in [5.41, 5.74) is -1.02. The molecule has 1 saturated heterocycles. The van der Waals surface area contributed by atoms with Crippen LogP contribution in [-0.4, -0.2) is 24.2 Å². The molecule has 2 heterocycles. The second-order valence-corrected chi connectivity index (χ2v) is 4.69. The third-order valence-corrected chi connectivity index (χ3v) is 3.40. The first-order chi connectivity index (χ1) is 9.19. The Morgan fingerprint density at radius 1 is 1.05 bits per heavy atom. The molecule has 112 valence electrons. The first-order valence-corrected chi connectivity index (χ1v) is 6.02. The minimum atomic E-state index is -4.57. The molecule has 1 aliphatic heterocycles. The predicted octanol–water partition coefficient (Wildman–Crippen LogP) is 3.88. The van der Waals surface area contributed by atoms with Gasteiger partial charge in [0.15, 0.2) is 0 Å². The molecule has 1 aromatic heterocycles. The van der Waals surface area contributed by atoms with Crippen LogP contribution in [0.1, 0.15) is 18.4 Å². The number of halogens is 6. The van der Waals surface area contributed by atoms with Gasteiger partial charge in [0.05, 0.1) is 17.2 Å². The zero-order chi connectivity index (χ0) is 15.0. The van der Waals surface area contributed by atoms with Crippen molar-refractivity contribution >= 4 is 5.69 Å². The normalized spacial score (nSPS) is 18.4. The Kier molecular flexibility index (Phi) is 3.84. The quantitative estimate of drug-likeness (QED) is 0.731. The van der Waals surface area contributed by atoms with E-state index in [1.165, 1.54) is 17.2 Å². The molecule has 0 atom stereocenters. The van der Waals surface area contributed by atoms with Gasteiger partial charge in [-0.05, 0) is 18.9 Å².